The van der Waals surface area contributed by atoms with Crippen molar-refractivity contribution in [3.05, 3.63) is 57.7 Å². The lowest BCUT2D eigenvalue weighted by Gasteiger charge is -2.08. The summed E-state index contributed by atoms with van der Waals surface area (Å²) in [6, 6.07) is 5.31. The van der Waals surface area contributed by atoms with Crippen LogP contribution in [0.4, 0.5) is 15.8 Å². The lowest BCUT2D eigenvalue weighted by Crippen LogP contribution is -2.22. The summed E-state index contributed by atoms with van der Waals surface area (Å²) in [5, 5.41) is 12.9. The SMILES string of the molecule is Cc1ccc(NC(=O)COC(=O)c2cc([N+](=O)[O-])cn2C)c(F)c1. The first-order chi connectivity index (χ1) is 11.3. The molecule has 0 atom stereocenters. The number of anilines is 1. The van der Waals surface area contributed by atoms with Crippen molar-refractivity contribution in [2.45, 2.75) is 6.92 Å². The van der Waals surface area contributed by atoms with Crippen LogP contribution < -0.4 is 5.32 Å². The second-order valence-corrected chi connectivity index (χ2v) is 5.06. The Labute approximate surface area is 136 Å². The van der Waals surface area contributed by atoms with Crippen LogP contribution in [-0.4, -0.2) is 28.0 Å². The average molecular weight is 335 g/mol. The van der Waals surface area contributed by atoms with Crippen LogP contribution in [0, 0.1) is 22.9 Å². The van der Waals surface area contributed by atoms with Crippen LogP contribution in [0.1, 0.15) is 16.1 Å². The summed E-state index contributed by atoms with van der Waals surface area (Å²) in [6.07, 6.45) is 1.15. The number of aryl methyl sites for hydroxylation is 2. The Morgan fingerprint density at radius 1 is 1.38 bits per heavy atom. The van der Waals surface area contributed by atoms with E-state index in [0.29, 0.717) is 5.56 Å². The molecule has 2 rings (SSSR count). The standard InChI is InChI=1S/C15H14FN3O5/c1-9-3-4-12(11(16)5-9)17-14(20)8-24-15(21)13-6-10(19(22)23)7-18(13)2/h3-7H,8H2,1-2H3,(H,17,20). The minimum absolute atomic E-state index is 0.0313. The molecular formula is C15H14FN3O5. The highest BCUT2D eigenvalue weighted by Crippen LogP contribution is 2.17. The Kier molecular flexibility index (Phi) is 4.93. The monoisotopic (exact) mass is 335 g/mol. The molecule has 126 valence electrons. The first-order valence-corrected chi connectivity index (χ1v) is 6.82. The number of amides is 1. The van der Waals surface area contributed by atoms with Gasteiger partial charge in [0.25, 0.3) is 11.6 Å². The second kappa shape index (κ2) is 6.90. The van der Waals surface area contributed by atoms with Gasteiger partial charge in [-0.25, -0.2) is 9.18 Å². The number of benzene rings is 1. The van der Waals surface area contributed by atoms with Gasteiger partial charge in [-0.1, -0.05) is 6.07 Å². The Morgan fingerprint density at radius 3 is 2.67 bits per heavy atom. The number of nitrogens with zero attached hydrogens (tertiary/aromatic N) is 2. The third kappa shape index (κ3) is 3.94. The van der Waals surface area contributed by atoms with E-state index in [1.54, 1.807) is 13.0 Å². The molecule has 0 bridgehead atoms. The molecular weight excluding hydrogens is 321 g/mol. The van der Waals surface area contributed by atoms with Crippen LogP contribution in [0.5, 0.6) is 0 Å². The van der Waals surface area contributed by atoms with Crippen LogP contribution in [-0.2, 0) is 16.6 Å². The van der Waals surface area contributed by atoms with Crippen LogP contribution >= 0.6 is 0 Å². The number of carbonyl (C=O) groups excluding carboxylic acids is 2. The van der Waals surface area contributed by atoms with Crippen molar-refractivity contribution in [1.82, 2.24) is 4.57 Å². The van der Waals surface area contributed by atoms with Crippen LogP contribution in [0.2, 0.25) is 0 Å². The van der Waals surface area contributed by atoms with Crippen molar-refractivity contribution in [2.75, 3.05) is 11.9 Å². The summed E-state index contributed by atoms with van der Waals surface area (Å²) in [6.45, 7) is 1.06. The van der Waals surface area contributed by atoms with Crippen LogP contribution in [0.15, 0.2) is 30.5 Å². The molecule has 2 aromatic rings. The summed E-state index contributed by atoms with van der Waals surface area (Å²) >= 11 is 0. The van der Waals surface area contributed by atoms with E-state index in [9.17, 15) is 24.1 Å². The van der Waals surface area contributed by atoms with E-state index >= 15 is 0 Å². The van der Waals surface area contributed by atoms with Crippen molar-refractivity contribution >= 4 is 23.3 Å². The molecule has 1 aromatic heterocycles. The number of esters is 1. The number of rotatable bonds is 5. The van der Waals surface area contributed by atoms with Gasteiger partial charge in [-0.05, 0) is 24.6 Å². The number of halogens is 1. The van der Waals surface area contributed by atoms with Gasteiger partial charge in [-0.2, -0.15) is 0 Å². The van der Waals surface area contributed by atoms with Gasteiger partial charge in [0.15, 0.2) is 6.61 Å². The third-order valence-corrected chi connectivity index (χ3v) is 3.14. The largest absolute Gasteiger partial charge is 0.451 e. The molecule has 0 aliphatic rings. The van der Waals surface area contributed by atoms with E-state index in [-0.39, 0.29) is 17.1 Å². The highest BCUT2D eigenvalue weighted by atomic mass is 19.1. The molecule has 24 heavy (non-hydrogen) atoms. The average Bonchev–Trinajstić information content (AvgIpc) is 2.90. The maximum Gasteiger partial charge on any atom is 0.355 e. The Balaban J connectivity index is 1.96. The van der Waals surface area contributed by atoms with E-state index in [2.05, 4.69) is 5.32 Å². The van der Waals surface area contributed by atoms with Crippen LogP contribution in [0.25, 0.3) is 0 Å². The van der Waals surface area contributed by atoms with E-state index in [1.807, 2.05) is 0 Å². The Morgan fingerprint density at radius 2 is 2.08 bits per heavy atom. The molecule has 0 unspecified atom stereocenters. The van der Waals surface area contributed by atoms with Gasteiger partial charge >= 0.3 is 5.97 Å². The van der Waals surface area contributed by atoms with Gasteiger partial charge in [-0.3, -0.25) is 14.9 Å². The summed E-state index contributed by atoms with van der Waals surface area (Å²) in [5.41, 5.74) is 0.324. The fourth-order valence-corrected chi connectivity index (χ4v) is 1.96. The minimum atomic E-state index is -0.898. The lowest BCUT2D eigenvalue weighted by molar-refractivity contribution is -0.384. The molecule has 0 spiro atoms. The number of nitrogens with one attached hydrogen (secondary N) is 1. The van der Waals surface area contributed by atoms with Gasteiger partial charge in [-0.15, -0.1) is 0 Å². The predicted octanol–water partition coefficient (Wildman–Crippen LogP) is 2.18. The molecule has 0 aliphatic carbocycles. The maximum absolute atomic E-state index is 13.6. The molecule has 0 saturated carbocycles. The van der Waals surface area contributed by atoms with Gasteiger partial charge in [0, 0.05) is 13.1 Å². The Hall–Kier alpha value is -3.23. The van der Waals surface area contributed by atoms with Gasteiger partial charge < -0.3 is 14.6 Å². The molecule has 1 amide bonds. The van der Waals surface area contributed by atoms with Crippen molar-refractivity contribution in [3.8, 4) is 0 Å². The number of nitro groups is 1. The minimum Gasteiger partial charge on any atom is -0.451 e. The van der Waals surface area contributed by atoms with Crippen molar-refractivity contribution in [2.24, 2.45) is 7.05 Å². The molecule has 0 fully saturated rings. The summed E-state index contributed by atoms with van der Waals surface area (Å²) in [4.78, 5) is 33.6. The molecule has 0 saturated heterocycles. The third-order valence-electron chi connectivity index (χ3n) is 3.14. The zero-order valence-corrected chi connectivity index (χ0v) is 12.9. The highest BCUT2D eigenvalue weighted by molar-refractivity contribution is 5.95. The predicted molar refractivity (Wildman–Crippen MR) is 82.1 cm³/mol. The van der Waals surface area contributed by atoms with Crippen LogP contribution in [0.3, 0.4) is 0 Å². The molecule has 9 heteroatoms. The second-order valence-electron chi connectivity index (χ2n) is 5.06. The normalized spacial score (nSPS) is 10.3. The van der Waals surface area contributed by atoms with Crippen molar-refractivity contribution in [1.29, 1.82) is 0 Å². The van der Waals surface area contributed by atoms with Crippen molar-refractivity contribution < 1.29 is 23.6 Å². The fraction of sp³-hybridized carbons (Fsp3) is 0.200. The van der Waals surface area contributed by atoms with E-state index in [4.69, 9.17) is 4.74 Å². The number of aromatic nitrogens is 1. The zero-order chi connectivity index (χ0) is 17.9. The lowest BCUT2D eigenvalue weighted by atomic mass is 10.2. The molecule has 1 heterocycles. The molecule has 1 aromatic carbocycles. The number of hydrogen-bond acceptors (Lipinski definition) is 5. The summed E-state index contributed by atoms with van der Waals surface area (Å²) in [7, 11) is 1.44. The van der Waals surface area contributed by atoms with Crippen molar-refractivity contribution in [3.63, 3.8) is 0 Å². The summed E-state index contributed by atoms with van der Waals surface area (Å²) < 4.78 is 19.6. The first kappa shape index (κ1) is 17.1. The first-order valence-electron chi connectivity index (χ1n) is 6.82. The zero-order valence-electron chi connectivity index (χ0n) is 12.9. The molecule has 0 aliphatic heterocycles. The fourth-order valence-electron chi connectivity index (χ4n) is 1.96. The summed E-state index contributed by atoms with van der Waals surface area (Å²) in [5.74, 6) is -2.23. The quantitative estimate of drug-likeness (QED) is 0.512. The van der Waals surface area contributed by atoms with E-state index in [0.717, 1.165) is 12.3 Å². The number of carbonyl (C=O) groups is 2. The smallest absolute Gasteiger partial charge is 0.355 e. The van der Waals surface area contributed by atoms with Gasteiger partial charge in [0.2, 0.25) is 0 Å². The topological polar surface area (TPSA) is 103 Å². The molecule has 1 N–H and O–H groups in total. The maximum atomic E-state index is 13.6. The number of ether oxygens (including phenoxy) is 1. The van der Waals surface area contributed by atoms with Gasteiger partial charge in [0.1, 0.15) is 11.5 Å². The molecule has 8 nitrogen and oxygen atoms in total. The van der Waals surface area contributed by atoms with E-state index in [1.165, 1.54) is 23.7 Å². The highest BCUT2D eigenvalue weighted by Gasteiger charge is 2.19. The number of hydrogen-bond donors (Lipinski definition) is 1. The van der Waals surface area contributed by atoms with Gasteiger partial charge in [0.05, 0.1) is 16.8 Å². The van der Waals surface area contributed by atoms with E-state index < -0.39 is 29.2 Å². The molecule has 0 radical (unpaired) electrons. The Bertz CT molecular complexity index is 815.